The molecule has 3 unspecified atom stereocenters. The van der Waals surface area contributed by atoms with Crippen LogP contribution in [0.1, 0.15) is 72.1 Å². The van der Waals surface area contributed by atoms with Crippen molar-refractivity contribution in [3.05, 3.63) is 0 Å². The minimum atomic E-state index is -0.455. The number of guanidine groups is 1. The summed E-state index contributed by atoms with van der Waals surface area (Å²) in [6, 6.07) is 1.09. The van der Waals surface area contributed by atoms with Gasteiger partial charge in [0, 0.05) is 43.1 Å². The van der Waals surface area contributed by atoms with E-state index in [4.69, 9.17) is 9.47 Å². The zero-order chi connectivity index (χ0) is 20.6. The van der Waals surface area contributed by atoms with Gasteiger partial charge in [-0.05, 0) is 65.7 Å². The number of hydrogen-bond acceptors (Lipinski definition) is 4. The number of nitrogens with zero attached hydrogens (tertiary/aromatic N) is 1. The number of carbonyl (C=O) groups is 1. The van der Waals surface area contributed by atoms with E-state index in [0.29, 0.717) is 29.5 Å². The van der Waals surface area contributed by atoms with Crippen molar-refractivity contribution in [2.75, 3.05) is 13.7 Å². The summed E-state index contributed by atoms with van der Waals surface area (Å²) in [4.78, 5) is 16.5. The number of aliphatic imine (C=N–C) groups is 1. The Kier molecular flexibility index (Phi) is 7.47. The predicted octanol–water partition coefficient (Wildman–Crippen LogP) is 3.56. The summed E-state index contributed by atoms with van der Waals surface area (Å²) in [6.07, 6.45) is 9.18. The van der Waals surface area contributed by atoms with Gasteiger partial charge in [-0.3, -0.25) is 4.99 Å². The van der Waals surface area contributed by atoms with Crippen LogP contribution in [0.15, 0.2) is 4.99 Å². The molecule has 4 aliphatic rings. The van der Waals surface area contributed by atoms with Crippen LogP contribution in [0.4, 0.5) is 4.79 Å². The lowest BCUT2D eigenvalue weighted by Crippen LogP contribution is -2.72. The SMILES string of the molecule is CN=C(NC1CCC(NC(=O)OC(C)(C)C)CC1)NC1C2CCOC2C12CCC2.I. The first-order chi connectivity index (χ1) is 13.8. The molecule has 0 aromatic carbocycles. The number of fused-ring (bicyclic) bond motifs is 2. The van der Waals surface area contributed by atoms with Gasteiger partial charge in [0.1, 0.15) is 5.60 Å². The molecule has 1 aliphatic heterocycles. The lowest BCUT2D eigenvalue weighted by molar-refractivity contribution is -0.171. The number of ether oxygens (including phenoxy) is 2. The van der Waals surface area contributed by atoms with E-state index in [-0.39, 0.29) is 36.1 Å². The van der Waals surface area contributed by atoms with E-state index in [2.05, 4.69) is 20.9 Å². The minimum absolute atomic E-state index is 0. The Morgan fingerprint density at radius 3 is 2.20 bits per heavy atom. The standard InChI is InChI=1S/C22H38N4O3.HI/c1-21(2,3)29-20(27)25-15-8-6-14(7-9-15)24-19(23-4)26-17-16-10-13-28-18(16)22(17)11-5-12-22;/h14-18H,5-13H2,1-4H3,(H,25,27)(H2,23,24,26);1H. The molecule has 1 amide bonds. The third-order valence-corrected chi connectivity index (χ3v) is 7.34. The van der Waals surface area contributed by atoms with Crippen molar-refractivity contribution < 1.29 is 14.3 Å². The summed E-state index contributed by atoms with van der Waals surface area (Å²) in [7, 11) is 1.86. The minimum Gasteiger partial charge on any atom is -0.444 e. The number of rotatable bonds is 3. The number of carbonyl (C=O) groups excluding carboxylic acids is 1. The Morgan fingerprint density at radius 2 is 1.67 bits per heavy atom. The lowest BCUT2D eigenvalue weighted by atomic mass is 9.46. The van der Waals surface area contributed by atoms with Crippen LogP contribution in [0.5, 0.6) is 0 Å². The van der Waals surface area contributed by atoms with Crippen LogP contribution >= 0.6 is 24.0 Å². The fourth-order valence-electron chi connectivity index (χ4n) is 5.82. The monoisotopic (exact) mass is 534 g/mol. The van der Waals surface area contributed by atoms with Crippen LogP contribution in [0.2, 0.25) is 0 Å². The highest BCUT2D eigenvalue weighted by Crippen LogP contribution is 2.62. The molecule has 0 radical (unpaired) electrons. The molecule has 1 heterocycles. The van der Waals surface area contributed by atoms with Gasteiger partial charge >= 0.3 is 6.09 Å². The van der Waals surface area contributed by atoms with E-state index < -0.39 is 5.60 Å². The average molecular weight is 534 g/mol. The molecule has 172 valence electrons. The second-order valence-electron chi connectivity index (χ2n) is 10.4. The van der Waals surface area contributed by atoms with Crippen molar-refractivity contribution in [2.45, 2.75) is 102 Å². The number of hydrogen-bond donors (Lipinski definition) is 3. The topological polar surface area (TPSA) is 84.0 Å². The Morgan fingerprint density at radius 1 is 1.03 bits per heavy atom. The average Bonchev–Trinajstić information content (AvgIpc) is 3.02. The summed E-state index contributed by atoms with van der Waals surface area (Å²) in [6.45, 7) is 6.58. The van der Waals surface area contributed by atoms with E-state index >= 15 is 0 Å². The van der Waals surface area contributed by atoms with Crippen LogP contribution in [0.3, 0.4) is 0 Å². The van der Waals surface area contributed by atoms with E-state index in [1.54, 1.807) is 0 Å². The fraction of sp³-hybridized carbons (Fsp3) is 0.909. The predicted molar refractivity (Wildman–Crippen MR) is 128 cm³/mol. The van der Waals surface area contributed by atoms with E-state index in [1.165, 1.54) is 25.7 Å². The Labute approximate surface area is 197 Å². The molecule has 3 atom stereocenters. The summed E-state index contributed by atoms with van der Waals surface area (Å²) in [5.41, 5.74) is -0.0997. The van der Waals surface area contributed by atoms with Crippen molar-refractivity contribution in [1.29, 1.82) is 0 Å². The molecule has 7 nitrogen and oxygen atoms in total. The number of amides is 1. The van der Waals surface area contributed by atoms with Gasteiger partial charge in [0.05, 0.1) is 6.10 Å². The maximum Gasteiger partial charge on any atom is 0.407 e. The first-order valence-electron chi connectivity index (χ1n) is 11.4. The molecule has 1 spiro atoms. The van der Waals surface area contributed by atoms with Crippen LogP contribution in [-0.4, -0.2) is 55.5 Å². The molecule has 30 heavy (non-hydrogen) atoms. The molecule has 3 N–H and O–H groups in total. The fourth-order valence-corrected chi connectivity index (χ4v) is 5.82. The quantitative estimate of drug-likeness (QED) is 0.293. The normalized spacial score (nSPS) is 34.7. The van der Waals surface area contributed by atoms with Gasteiger partial charge in [0.2, 0.25) is 0 Å². The van der Waals surface area contributed by atoms with Gasteiger partial charge in [-0.1, -0.05) is 6.42 Å². The molecule has 8 heteroatoms. The summed E-state index contributed by atoms with van der Waals surface area (Å²) in [5, 5.41) is 10.4. The van der Waals surface area contributed by atoms with E-state index in [9.17, 15) is 4.79 Å². The molecule has 0 aromatic heterocycles. The summed E-state index contributed by atoms with van der Waals surface area (Å²) in [5.74, 6) is 1.57. The van der Waals surface area contributed by atoms with Crippen molar-refractivity contribution in [3.8, 4) is 0 Å². The zero-order valence-electron chi connectivity index (χ0n) is 18.8. The second-order valence-corrected chi connectivity index (χ2v) is 10.4. The molecule has 4 fully saturated rings. The second kappa shape index (κ2) is 9.38. The van der Waals surface area contributed by atoms with Crippen LogP contribution in [0.25, 0.3) is 0 Å². The highest BCUT2D eigenvalue weighted by atomic mass is 127. The van der Waals surface area contributed by atoms with Gasteiger partial charge in [-0.2, -0.15) is 0 Å². The smallest absolute Gasteiger partial charge is 0.407 e. The van der Waals surface area contributed by atoms with Crippen molar-refractivity contribution in [1.82, 2.24) is 16.0 Å². The van der Waals surface area contributed by atoms with Crippen molar-refractivity contribution in [3.63, 3.8) is 0 Å². The van der Waals surface area contributed by atoms with Crippen molar-refractivity contribution >= 4 is 36.0 Å². The third kappa shape index (κ3) is 4.84. The van der Waals surface area contributed by atoms with Gasteiger partial charge < -0.3 is 25.4 Å². The molecule has 0 bridgehead atoms. The van der Waals surface area contributed by atoms with Gasteiger partial charge in [-0.15, -0.1) is 24.0 Å². The molecule has 3 aliphatic carbocycles. The largest absolute Gasteiger partial charge is 0.444 e. The summed E-state index contributed by atoms with van der Waals surface area (Å²) < 4.78 is 11.4. The van der Waals surface area contributed by atoms with Crippen LogP contribution in [0, 0.1) is 11.3 Å². The Balaban J connectivity index is 0.00000256. The maximum atomic E-state index is 12.0. The van der Waals surface area contributed by atoms with Crippen molar-refractivity contribution in [2.24, 2.45) is 16.3 Å². The Hall–Kier alpha value is -0.770. The maximum absolute atomic E-state index is 12.0. The van der Waals surface area contributed by atoms with Gasteiger partial charge in [0.15, 0.2) is 5.96 Å². The first kappa shape index (κ1) is 23.9. The zero-order valence-corrected chi connectivity index (χ0v) is 21.2. The van der Waals surface area contributed by atoms with Gasteiger partial charge in [0.25, 0.3) is 0 Å². The first-order valence-corrected chi connectivity index (χ1v) is 11.4. The number of halogens is 1. The van der Waals surface area contributed by atoms with Gasteiger partial charge in [-0.25, -0.2) is 4.79 Å². The molecule has 4 rings (SSSR count). The highest BCUT2D eigenvalue weighted by molar-refractivity contribution is 14.0. The molecular weight excluding hydrogens is 495 g/mol. The number of nitrogens with one attached hydrogen (secondary N) is 3. The number of alkyl carbamates (subject to hydrolysis) is 1. The van der Waals surface area contributed by atoms with E-state index in [1.807, 2.05) is 27.8 Å². The molecule has 1 saturated heterocycles. The Bertz CT molecular complexity index is 639. The summed E-state index contributed by atoms with van der Waals surface area (Å²) >= 11 is 0. The lowest BCUT2D eigenvalue weighted by Gasteiger charge is -2.63. The molecule has 3 saturated carbocycles. The van der Waals surface area contributed by atoms with Crippen LogP contribution in [-0.2, 0) is 9.47 Å². The molecular formula is C22H39IN4O3. The third-order valence-electron chi connectivity index (χ3n) is 7.34. The molecule has 0 aromatic rings. The van der Waals surface area contributed by atoms with Crippen LogP contribution < -0.4 is 16.0 Å². The highest BCUT2D eigenvalue weighted by Gasteiger charge is 2.66. The van der Waals surface area contributed by atoms with E-state index in [0.717, 1.165) is 38.2 Å².